The number of imidazole rings is 1. The second-order valence-corrected chi connectivity index (χ2v) is 6.98. The Bertz CT molecular complexity index is 436. The molecule has 118 valence electrons. The summed E-state index contributed by atoms with van der Waals surface area (Å²) >= 11 is 0. The van der Waals surface area contributed by atoms with Gasteiger partial charge in [0.05, 0.1) is 12.0 Å². The molecule has 2 atom stereocenters. The van der Waals surface area contributed by atoms with Crippen molar-refractivity contribution in [2.24, 2.45) is 0 Å². The van der Waals surface area contributed by atoms with Crippen molar-refractivity contribution in [2.75, 3.05) is 13.6 Å². The molecule has 3 rings (SSSR count). The Morgan fingerprint density at radius 3 is 2.81 bits per heavy atom. The highest BCUT2D eigenvalue weighted by Gasteiger charge is 2.23. The summed E-state index contributed by atoms with van der Waals surface area (Å²) in [6, 6.07) is 1.94. The summed E-state index contributed by atoms with van der Waals surface area (Å²) < 4.78 is 2.36. The van der Waals surface area contributed by atoms with Gasteiger partial charge in [0.2, 0.25) is 0 Å². The number of nitrogens with zero attached hydrogens (tertiary/aromatic N) is 3. The van der Waals surface area contributed by atoms with E-state index in [2.05, 4.69) is 39.9 Å². The fraction of sp³-hybridized carbons (Fsp3) is 0.824. The molecule has 0 bridgehead atoms. The normalized spacial score (nSPS) is 27.6. The van der Waals surface area contributed by atoms with Crippen molar-refractivity contribution >= 4 is 0 Å². The Morgan fingerprint density at radius 1 is 1.24 bits per heavy atom. The molecule has 0 aromatic carbocycles. The van der Waals surface area contributed by atoms with Gasteiger partial charge in [0.1, 0.15) is 0 Å². The largest absolute Gasteiger partial charge is 0.332 e. The van der Waals surface area contributed by atoms with E-state index < -0.39 is 0 Å². The lowest BCUT2D eigenvalue weighted by molar-refractivity contribution is 0.233. The predicted molar refractivity (Wildman–Crippen MR) is 86.3 cm³/mol. The van der Waals surface area contributed by atoms with Gasteiger partial charge in [-0.15, -0.1) is 0 Å². The molecule has 1 saturated heterocycles. The molecule has 0 radical (unpaired) electrons. The Hall–Kier alpha value is -0.870. The minimum Gasteiger partial charge on any atom is -0.332 e. The van der Waals surface area contributed by atoms with E-state index in [1.165, 1.54) is 50.6 Å². The van der Waals surface area contributed by atoms with Crippen molar-refractivity contribution in [1.29, 1.82) is 0 Å². The Morgan fingerprint density at radius 2 is 2.05 bits per heavy atom. The smallest absolute Gasteiger partial charge is 0.0949 e. The molecule has 2 fully saturated rings. The van der Waals surface area contributed by atoms with E-state index in [0.717, 1.165) is 19.1 Å². The molecule has 2 unspecified atom stereocenters. The van der Waals surface area contributed by atoms with Gasteiger partial charge in [-0.25, -0.2) is 4.98 Å². The monoisotopic (exact) mass is 290 g/mol. The van der Waals surface area contributed by atoms with E-state index in [0.29, 0.717) is 12.1 Å². The molecule has 21 heavy (non-hydrogen) atoms. The van der Waals surface area contributed by atoms with Crippen LogP contribution in [0.5, 0.6) is 0 Å². The van der Waals surface area contributed by atoms with Gasteiger partial charge in [-0.05, 0) is 46.1 Å². The zero-order valence-corrected chi connectivity index (χ0v) is 13.6. The van der Waals surface area contributed by atoms with Crippen LogP contribution in [0.1, 0.15) is 63.6 Å². The van der Waals surface area contributed by atoms with Gasteiger partial charge in [-0.3, -0.25) is 0 Å². The molecule has 4 heteroatoms. The number of likely N-dealkylation sites (N-methyl/N-ethyl adjacent to an activating group) is 1. The average molecular weight is 290 g/mol. The van der Waals surface area contributed by atoms with Crippen molar-refractivity contribution in [1.82, 2.24) is 19.8 Å². The third-order valence-corrected chi connectivity index (χ3v) is 5.36. The lowest BCUT2D eigenvalue weighted by Gasteiger charge is -2.30. The van der Waals surface area contributed by atoms with Gasteiger partial charge < -0.3 is 14.8 Å². The molecule has 0 spiro atoms. The minimum atomic E-state index is 0.494. The first-order valence-electron chi connectivity index (χ1n) is 8.70. The first-order valence-corrected chi connectivity index (χ1v) is 8.70. The average Bonchev–Trinajstić information content (AvgIpc) is 3.16. The molecule has 1 aliphatic carbocycles. The lowest BCUT2D eigenvalue weighted by Crippen LogP contribution is -2.36. The quantitative estimate of drug-likeness (QED) is 0.905. The lowest BCUT2D eigenvalue weighted by atomic mass is 9.97. The van der Waals surface area contributed by atoms with Crippen LogP contribution in [0.3, 0.4) is 0 Å². The minimum absolute atomic E-state index is 0.494. The Kier molecular flexibility index (Phi) is 4.96. The Labute approximate surface area is 128 Å². The van der Waals surface area contributed by atoms with E-state index in [1.807, 2.05) is 6.33 Å². The van der Waals surface area contributed by atoms with Crippen molar-refractivity contribution in [3.05, 3.63) is 18.2 Å². The van der Waals surface area contributed by atoms with Crippen LogP contribution in [0.2, 0.25) is 0 Å². The van der Waals surface area contributed by atoms with Crippen LogP contribution in [0.4, 0.5) is 0 Å². The third kappa shape index (κ3) is 3.67. The van der Waals surface area contributed by atoms with Gasteiger partial charge >= 0.3 is 0 Å². The van der Waals surface area contributed by atoms with Gasteiger partial charge in [0.25, 0.3) is 0 Å². The number of rotatable bonds is 5. The van der Waals surface area contributed by atoms with Crippen LogP contribution in [-0.4, -0.2) is 40.1 Å². The maximum Gasteiger partial charge on any atom is 0.0949 e. The van der Waals surface area contributed by atoms with Crippen LogP contribution < -0.4 is 5.32 Å². The summed E-state index contributed by atoms with van der Waals surface area (Å²) in [5, 5.41) is 3.73. The van der Waals surface area contributed by atoms with E-state index in [4.69, 9.17) is 0 Å². The highest BCUT2D eigenvalue weighted by Crippen LogP contribution is 2.26. The Balaban J connectivity index is 1.57. The molecule has 1 saturated carbocycles. The van der Waals surface area contributed by atoms with Gasteiger partial charge in [-0.2, -0.15) is 0 Å². The summed E-state index contributed by atoms with van der Waals surface area (Å²) in [6.07, 6.45) is 13.5. The highest BCUT2D eigenvalue weighted by atomic mass is 15.2. The van der Waals surface area contributed by atoms with Gasteiger partial charge in [0, 0.05) is 37.4 Å². The van der Waals surface area contributed by atoms with E-state index in [1.54, 1.807) is 0 Å². The van der Waals surface area contributed by atoms with E-state index >= 15 is 0 Å². The number of aromatic nitrogens is 2. The molecule has 2 aliphatic rings. The van der Waals surface area contributed by atoms with Crippen LogP contribution in [0.15, 0.2) is 12.5 Å². The summed E-state index contributed by atoms with van der Waals surface area (Å²) in [7, 11) is 2.29. The second kappa shape index (κ2) is 6.93. The molecule has 4 nitrogen and oxygen atoms in total. The fourth-order valence-electron chi connectivity index (χ4n) is 3.97. The van der Waals surface area contributed by atoms with Crippen molar-refractivity contribution in [3.8, 4) is 0 Å². The van der Waals surface area contributed by atoms with Gasteiger partial charge in [0.15, 0.2) is 0 Å². The number of hydrogen-bond donors (Lipinski definition) is 1. The van der Waals surface area contributed by atoms with Crippen LogP contribution in [0.25, 0.3) is 0 Å². The maximum atomic E-state index is 4.40. The molecule has 1 N–H and O–H groups in total. The fourth-order valence-corrected chi connectivity index (χ4v) is 3.97. The second-order valence-electron chi connectivity index (χ2n) is 6.98. The summed E-state index contributed by atoms with van der Waals surface area (Å²) in [5.74, 6) is 0. The van der Waals surface area contributed by atoms with Crippen molar-refractivity contribution < 1.29 is 0 Å². The zero-order chi connectivity index (χ0) is 14.7. The standard InChI is InChI=1S/C17H30N4/c1-14-6-5-9-16(19-14)17-12-18-13-21(17)11-10-20(2)15-7-3-4-8-15/h12-16,19H,3-11H2,1-2H3. The first kappa shape index (κ1) is 15.0. The van der Waals surface area contributed by atoms with Crippen molar-refractivity contribution in [2.45, 2.75) is 76.5 Å². The van der Waals surface area contributed by atoms with Crippen LogP contribution >= 0.6 is 0 Å². The third-order valence-electron chi connectivity index (χ3n) is 5.36. The topological polar surface area (TPSA) is 33.1 Å². The predicted octanol–water partition coefficient (Wildman–Crippen LogP) is 2.96. The molecule has 0 amide bonds. The number of nitrogens with one attached hydrogen (secondary N) is 1. The number of hydrogen-bond acceptors (Lipinski definition) is 3. The summed E-state index contributed by atoms with van der Waals surface area (Å²) in [5.41, 5.74) is 1.38. The zero-order valence-electron chi connectivity index (χ0n) is 13.6. The SMILES string of the molecule is CC1CCCC(c2cncn2CCN(C)C2CCCC2)N1. The molecule has 1 aromatic heterocycles. The van der Waals surface area contributed by atoms with Crippen molar-refractivity contribution in [3.63, 3.8) is 0 Å². The van der Waals surface area contributed by atoms with Crippen LogP contribution in [0, 0.1) is 0 Å². The van der Waals surface area contributed by atoms with E-state index in [9.17, 15) is 0 Å². The molecule has 1 aromatic rings. The highest BCUT2D eigenvalue weighted by molar-refractivity contribution is 5.07. The summed E-state index contributed by atoms with van der Waals surface area (Å²) in [6.45, 7) is 4.49. The molecule has 2 heterocycles. The first-order chi connectivity index (χ1) is 10.2. The number of piperidine rings is 1. The van der Waals surface area contributed by atoms with Gasteiger partial charge in [-0.1, -0.05) is 12.8 Å². The molecule has 1 aliphatic heterocycles. The maximum absolute atomic E-state index is 4.40. The van der Waals surface area contributed by atoms with E-state index in [-0.39, 0.29) is 0 Å². The van der Waals surface area contributed by atoms with Crippen LogP contribution in [-0.2, 0) is 6.54 Å². The molecular formula is C17H30N4. The summed E-state index contributed by atoms with van der Waals surface area (Å²) in [4.78, 5) is 6.95. The molecular weight excluding hydrogens is 260 g/mol.